The number of fused-ring (bicyclic) bond motifs is 10. The fourth-order valence-electron chi connectivity index (χ4n) is 5.37. The summed E-state index contributed by atoms with van der Waals surface area (Å²) < 4.78 is 4.95. The van der Waals surface area contributed by atoms with E-state index < -0.39 is 0 Å². The van der Waals surface area contributed by atoms with Gasteiger partial charge in [0.1, 0.15) is 0 Å². The van der Waals surface area contributed by atoms with E-state index in [2.05, 4.69) is 94.8 Å². The maximum atomic E-state index is 2.49. The Balaban J connectivity index is 1.96. The second-order valence-corrected chi connectivity index (χ2v) is 7.68. The highest BCUT2D eigenvalue weighted by Crippen LogP contribution is 2.45. The number of para-hydroxylation sites is 3. The monoisotopic (exact) mass is 358 g/mol. The van der Waals surface area contributed by atoms with Gasteiger partial charge in [0.25, 0.3) is 0 Å². The smallest absolute Gasteiger partial charge is 0.0641 e. The zero-order valence-electron chi connectivity index (χ0n) is 15.6. The van der Waals surface area contributed by atoms with E-state index in [0.29, 0.717) is 0 Å². The van der Waals surface area contributed by atoms with Crippen LogP contribution in [0, 0.1) is 0 Å². The maximum Gasteiger partial charge on any atom is 0.0641 e. The Labute approximate surface area is 161 Å². The number of benzene rings is 4. The van der Waals surface area contributed by atoms with Crippen molar-refractivity contribution in [2.45, 2.75) is 13.5 Å². The summed E-state index contributed by atoms with van der Waals surface area (Å²) in [7, 11) is 0. The molecular weight excluding hydrogens is 340 g/mol. The molecule has 7 rings (SSSR count). The maximum absolute atomic E-state index is 2.49. The van der Waals surface area contributed by atoms with Crippen molar-refractivity contribution in [1.29, 1.82) is 0 Å². The largest absolute Gasteiger partial charge is 0.340 e. The Morgan fingerprint density at radius 2 is 1.11 bits per heavy atom. The van der Waals surface area contributed by atoms with Crippen LogP contribution in [0.25, 0.3) is 59.9 Å². The molecule has 0 aliphatic heterocycles. The van der Waals surface area contributed by atoms with Crippen LogP contribution in [0.5, 0.6) is 0 Å². The average molecular weight is 358 g/mol. The minimum Gasteiger partial charge on any atom is -0.340 e. The van der Waals surface area contributed by atoms with Gasteiger partial charge in [-0.25, -0.2) is 0 Å². The minimum atomic E-state index is 0.963. The van der Waals surface area contributed by atoms with Crippen molar-refractivity contribution in [3.05, 3.63) is 78.9 Å². The number of aromatic nitrogens is 2. The molecule has 0 fully saturated rings. The summed E-state index contributed by atoms with van der Waals surface area (Å²) in [6.45, 7) is 3.21. The van der Waals surface area contributed by atoms with E-state index in [1.54, 1.807) is 0 Å². The van der Waals surface area contributed by atoms with Gasteiger partial charge in [-0.2, -0.15) is 0 Å². The van der Waals surface area contributed by atoms with Gasteiger partial charge in [-0.3, -0.25) is 0 Å². The Kier molecular flexibility index (Phi) is 2.51. The van der Waals surface area contributed by atoms with Gasteiger partial charge in [0.05, 0.1) is 22.1 Å². The summed E-state index contributed by atoms with van der Waals surface area (Å²) in [5.41, 5.74) is 6.63. The Hall–Kier alpha value is -3.52. The van der Waals surface area contributed by atoms with Crippen LogP contribution in [0.1, 0.15) is 6.92 Å². The molecule has 132 valence electrons. The number of rotatable bonds is 1. The first-order valence-corrected chi connectivity index (χ1v) is 9.95. The number of nitrogens with zero attached hydrogens (tertiary/aromatic N) is 2. The third-order valence-electron chi connectivity index (χ3n) is 6.42. The van der Waals surface area contributed by atoms with Gasteiger partial charge in [0, 0.05) is 44.4 Å². The predicted molar refractivity (Wildman–Crippen MR) is 120 cm³/mol. The quantitative estimate of drug-likeness (QED) is 0.300. The first kappa shape index (κ1) is 14.5. The summed E-state index contributed by atoms with van der Waals surface area (Å²) in [5, 5.41) is 8.13. The molecule has 0 atom stereocenters. The highest BCUT2D eigenvalue weighted by Gasteiger charge is 2.22. The van der Waals surface area contributed by atoms with E-state index in [-0.39, 0.29) is 0 Å². The van der Waals surface area contributed by atoms with Gasteiger partial charge in [-0.15, -0.1) is 0 Å². The first-order valence-electron chi connectivity index (χ1n) is 9.95. The van der Waals surface area contributed by atoms with Crippen LogP contribution in [-0.2, 0) is 6.54 Å². The first-order chi connectivity index (χ1) is 13.9. The molecule has 2 heteroatoms. The third kappa shape index (κ3) is 1.49. The van der Waals surface area contributed by atoms with Gasteiger partial charge in [0.2, 0.25) is 0 Å². The SMILES string of the molecule is CCn1c2ccccc2c2cc3c4ccccc4n4c5ccccc5c(c21)c34. The zero-order valence-corrected chi connectivity index (χ0v) is 15.6. The molecule has 0 unspecified atom stereocenters. The van der Waals surface area contributed by atoms with Crippen LogP contribution >= 0.6 is 0 Å². The van der Waals surface area contributed by atoms with Crippen molar-refractivity contribution in [2.24, 2.45) is 0 Å². The van der Waals surface area contributed by atoms with E-state index >= 15 is 0 Å². The number of hydrogen-bond acceptors (Lipinski definition) is 0. The van der Waals surface area contributed by atoms with E-state index in [9.17, 15) is 0 Å². The molecule has 0 N–H and O–H groups in total. The number of hydrogen-bond donors (Lipinski definition) is 0. The standard InChI is InChI=1S/C26H18N2/c1-2-27-21-12-6-3-9-16(21)19-15-20-17-10-4-7-13-22(17)28-23-14-8-5-11-18(23)24(25(19)27)26(20)28/h3-15H,2H2,1H3. The molecule has 28 heavy (non-hydrogen) atoms. The summed E-state index contributed by atoms with van der Waals surface area (Å²) in [6.07, 6.45) is 0. The van der Waals surface area contributed by atoms with Crippen LogP contribution in [0.2, 0.25) is 0 Å². The molecule has 7 aromatic rings. The Morgan fingerprint density at radius 1 is 0.571 bits per heavy atom. The zero-order chi connectivity index (χ0) is 18.4. The van der Waals surface area contributed by atoms with Crippen molar-refractivity contribution in [1.82, 2.24) is 8.97 Å². The molecule has 0 saturated heterocycles. The lowest BCUT2D eigenvalue weighted by atomic mass is 10.0. The molecule has 0 saturated carbocycles. The number of aryl methyl sites for hydroxylation is 1. The lowest BCUT2D eigenvalue weighted by Gasteiger charge is -2.05. The van der Waals surface area contributed by atoms with Crippen LogP contribution in [-0.4, -0.2) is 8.97 Å². The average Bonchev–Trinajstić information content (AvgIpc) is 3.37. The van der Waals surface area contributed by atoms with Crippen LogP contribution in [0.15, 0.2) is 78.9 Å². The highest BCUT2D eigenvalue weighted by molar-refractivity contribution is 6.33. The minimum absolute atomic E-state index is 0.963. The van der Waals surface area contributed by atoms with E-state index in [1.807, 2.05) is 0 Å². The summed E-state index contributed by atoms with van der Waals surface area (Å²) >= 11 is 0. The van der Waals surface area contributed by atoms with Crippen LogP contribution in [0.4, 0.5) is 0 Å². The molecule has 0 spiro atoms. The molecule has 0 amide bonds. The molecule has 0 aliphatic rings. The van der Waals surface area contributed by atoms with E-state index in [1.165, 1.54) is 59.9 Å². The van der Waals surface area contributed by atoms with E-state index in [0.717, 1.165) is 6.54 Å². The van der Waals surface area contributed by atoms with Crippen molar-refractivity contribution >= 4 is 59.9 Å². The Bertz CT molecular complexity index is 1690. The van der Waals surface area contributed by atoms with Crippen molar-refractivity contribution in [3.63, 3.8) is 0 Å². The highest BCUT2D eigenvalue weighted by atomic mass is 15.0. The predicted octanol–water partition coefficient (Wildman–Crippen LogP) is 6.96. The lowest BCUT2D eigenvalue weighted by molar-refractivity contribution is 0.830. The van der Waals surface area contributed by atoms with Gasteiger partial charge < -0.3 is 8.97 Å². The van der Waals surface area contributed by atoms with Crippen molar-refractivity contribution < 1.29 is 0 Å². The molecule has 2 nitrogen and oxygen atoms in total. The topological polar surface area (TPSA) is 9.34 Å². The van der Waals surface area contributed by atoms with Gasteiger partial charge >= 0.3 is 0 Å². The summed E-state index contributed by atoms with van der Waals surface area (Å²) in [5.74, 6) is 0. The molecule has 0 radical (unpaired) electrons. The molecule has 3 heterocycles. The normalized spacial score (nSPS) is 12.6. The summed E-state index contributed by atoms with van der Waals surface area (Å²) in [4.78, 5) is 0. The van der Waals surface area contributed by atoms with Crippen LogP contribution < -0.4 is 0 Å². The molecule has 0 bridgehead atoms. The van der Waals surface area contributed by atoms with E-state index in [4.69, 9.17) is 0 Å². The lowest BCUT2D eigenvalue weighted by Crippen LogP contribution is -1.93. The van der Waals surface area contributed by atoms with Gasteiger partial charge in [-0.05, 0) is 31.2 Å². The molecule has 0 aliphatic carbocycles. The second kappa shape index (κ2) is 4.85. The Morgan fingerprint density at radius 3 is 1.82 bits per heavy atom. The third-order valence-corrected chi connectivity index (χ3v) is 6.42. The molecule has 4 aromatic carbocycles. The van der Waals surface area contributed by atoms with Crippen molar-refractivity contribution in [3.8, 4) is 0 Å². The second-order valence-electron chi connectivity index (χ2n) is 7.68. The fourth-order valence-corrected chi connectivity index (χ4v) is 5.37. The molecule has 3 aromatic heterocycles. The fraction of sp³-hybridized carbons (Fsp3) is 0.0769. The van der Waals surface area contributed by atoms with Gasteiger partial charge in [-0.1, -0.05) is 54.6 Å². The van der Waals surface area contributed by atoms with Gasteiger partial charge in [0.15, 0.2) is 0 Å². The molecular formula is C26H18N2. The van der Waals surface area contributed by atoms with Crippen molar-refractivity contribution in [2.75, 3.05) is 0 Å². The van der Waals surface area contributed by atoms with Crippen LogP contribution in [0.3, 0.4) is 0 Å². The summed E-state index contributed by atoms with van der Waals surface area (Å²) in [6, 6.07) is 28.9.